The summed E-state index contributed by atoms with van der Waals surface area (Å²) < 4.78 is 27.1. The minimum atomic E-state index is -4.73. The molecule has 152 valence electrons. The molecular weight excluding hydrogens is 381 g/mol. The molecule has 4 atom stereocenters. The number of aromatic nitrogens is 1. The fourth-order valence-electron chi connectivity index (χ4n) is 2.66. The van der Waals surface area contributed by atoms with E-state index in [4.69, 9.17) is 19.3 Å². The number of hydrogen-bond acceptors (Lipinski definition) is 7. The van der Waals surface area contributed by atoms with E-state index in [9.17, 15) is 19.6 Å². The number of pyridine rings is 1. The van der Waals surface area contributed by atoms with Gasteiger partial charge in [0.05, 0.1) is 13.2 Å². The Bertz CT molecular complexity index is 680. The maximum Gasteiger partial charge on any atom is 0.469 e. The van der Waals surface area contributed by atoms with Crippen molar-refractivity contribution in [3.05, 3.63) is 30.1 Å². The molecular formula is C16H25NO9P+. The number of carbonyl (C=O) groups excluding carboxylic acids is 1. The Morgan fingerprint density at radius 1 is 1.30 bits per heavy atom. The number of carbonyl (C=O) groups is 1. The van der Waals surface area contributed by atoms with Crippen LogP contribution in [-0.2, 0) is 18.6 Å². The summed E-state index contributed by atoms with van der Waals surface area (Å²) in [5, 5.41) is 20.2. The number of hydrogen-bond donors (Lipinski definition) is 4. The van der Waals surface area contributed by atoms with Crippen molar-refractivity contribution in [1.82, 2.24) is 0 Å². The third kappa shape index (κ3) is 6.32. The van der Waals surface area contributed by atoms with Crippen LogP contribution >= 0.6 is 7.82 Å². The van der Waals surface area contributed by atoms with Crippen LogP contribution in [0, 0.1) is 0 Å². The smallest absolute Gasteiger partial charge is 0.462 e. The number of nitrogens with zero attached hydrogens (tertiary/aromatic N) is 1. The molecule has 0 aliphatic carbocycles. The van der Waals surface area contributed by atoms with Gasteiger partial charge in [-0.05, 0) is 12.5 Å². The second-order valence-electron chi connectivity index (χ2n) is 6.22. The zero-order chi connectivity index (χ0) is 20.0. The maximum atomic E-state index is 12.1. The number of aliphatic hydroxyl groups is 2. The molecule has 11 heteroatoms. The van der Waals surface area contributed by atoms with Crippen molar-refractivity contribution in [2.45, 2.75) is 50.7 Å². The first-order valence-corrected chi connectivity index (χ1v) is 10.2. The molecule has 1 saturated heterocycles. The standard InChI is InChI=1S/C16H24NO9P/c1-2-3-4-8-24-16(20)11-6-5-7-17(9-11)15-14(19)13(18)12(26-15)10-25-27(21,22)23/h5-7,9,12-15,18-19H,2-4,8,10H2,1H3,(H-,21,22,23)/p+1/t12-,13+,14+,15-/m1/s1. The average molecular weight is 406 g/mol. The number of ether oxygens (including phenoxy) is 2. The van der Waals surface area contributed by atoms with Crippen LogP contribution in [-0.4, -0.2) is 57.5 Å². The molecule has 27 heavy (non-hydrogen) atoms. The molecule has 0 spiro atoms. The van der Waals surface area contributed by atoms with E-state index >= 15 is 0 Å². The first-order valence-electron chi connectivity index (χ1n) is 8.62. The second kappa shape index (κ2) is 9.70. The molecule has 1 fully saturated rings. The number of aliphatic hydroxyl groups excluding tert-OH is 2. The molecule has 0 radical (unpaired) electrons. The van der Waals surface area contributed by atoms with Crippen LogP contribution in [0.5, 0.6) is 0 Å². The van der Waals surface area contributed by atoms with Crippen LogP contribution in [0.4, 0.5) is 0 Å². The van der Waals surface area contributed by atoms with Gasteiger partial charge in [-0.25, -0.2) is 9.36 Å². The number of rotatable bonds is 9. The third-order valence-electron chi connectivity index (χ3n) is 4.08. The maximum absolute atomic E-state index is 12.1. The lowest BCUT2D eigenvalue weighted by molar-refractivity contribution is -0.765. The Morgan fingerprint density at radius 3 is 2.70 bits per heavy atom. The molecule has 1 aliphatic rings. The topological polar surface area (TPSA) is 147 Å². The number of phosphoric ester groups is 1. The van der Waals surface area contributed by atoms with Crippen molar-refractivity contribution >= 4 is 13.8 Å². The molecule has 10 nitrogen and oxygen atoms in total. The lowest BCUT2D eigenvalue weighted by Gasteiger charge is -2.13. The summed E-state index contributed by atoms with van der Waals surface area (Å²) in [5.74, 6) is -0.519. The van der Waals surface area contributed by atoms with E-state index in [1.165, 1.54) is 17.0 Å². The van der Waals surface area contributed by atoms with Crippen molar-refractivity contribution in [2.75, 3.05) is 13.2 Å². The van der Waals surface area contributed by atoms with Crippen LogP contribution in [0.15, 0.2) is 24.5 Å². The van der Waals surface area contributed by atoms with Gasteiger partial charge in [-0.15, -0.1) is 0 Å². The quantitative estimate of drug-likeness (QED) is 0.193. The van der Waals surface area contributed by atoms with Crippen LogP contribution in [0.1, 0.15) is 42.8 Å². The summed E-state index contributed by atoms with van der Waals surface area (Å²) >= 11 is 0. The van der Waals surface area contributed by atoms with Gasteiger partial charge in [-0.3, -0.25) is 4.52 Å². The largest absolute Gasteiger partial charge is 0.469 e. The lowest BCUT2D eigenvalue weighted by Crippen LogP contribution is -2.46. The van der Waals surface area contributed by atoms with Crippen molar-refractivity contribution in [2.24, 2.45) is 0 Å². The number of esters is 1. The molecule has 2 rings (SSSR count). The Morgan fingerprint density at radius 2 is 2.04 bits per heavy atom. The molecule has 4 N–H and O–H groups in total. The highest BCUT2D eigenvalue weighted by atomic mass is 31.2. The van der Waals surface area contributed by atoms with E-state index in [1.807, 2.05) is 6.92 Å². The summed E-state index contributed by atoms with van der Waals surface area (Å²) in [6, 6.07) is 3.11. The van der Waals surface area contributed by atoms with Gasteiger partial charge < -0.3 is 29.5 Å². The van der Waals surface area contributed by atoms with E-state index in [1.54, 1.807) is 12.1 Å². The van der Waals surface area contributed by atoms with Crippen LogP contribution in [0.25, 0.3) is 0 Å². The summed E-state index contributed by atoms with van der Waals surface area (Å²) in [4.78, 5) is 29.6. The summed E-state index contributed by atoms with van der Waals surface area (Å²) in [6.45, 7) is 1.75. The van der Waals surface area contributed by atoms with Gasteiger partial charge >= 0.3 is 13.8 Å². The number of phosphoric acid groups is 1. The Balaban J connectivity index is 2.03. The highest BCUT2D eigenvalue weighted by molar-refractivity contribution is 7.46. The van der Waals surface area contributed by atoms with Crippen LogP contribution < -0.4 is 4.57 Å². The Labute approximate surface area is 156 Å². The first-order chi connectivity index (χ1) is 12.7. The SMILES string of the molecule is CCCCCOC(=O)c1ccc[n+]([C@@H]2O[C@H](COP(=O)(O)O)[C@H](O)[C@@H]2O)c1. The molecule has 0 saturated carbocycles. The van der Waals surface area contributed by atoms with Crippen LogP contribution in [0.3, 0.4) is 0 Å². The highest BCUT2D eigenvalue weighted by Crippen LogP contribution is 2.37. The molecule has 1 aliphatic heterocycles. The molecule has 1 aromatic rings. The monoisotopic (exact) mass is 406 g/mol. The summed E-state index contributed by atoms with van der Waals surface area (Å²) in [7, 11) is -4.73. The minimum Gasteiger partial charge on any atom is -0.462 e. The van der Waals surface area contributed by atoms with Crippen LogP contribution in [0.2, 0.25) is 0 Å². The fraction of sp³-hybridized carbons (Fsp3) is 0.625. The van der Waals surface area contributed by atoms with E-state index in [-0.39, 0.29) is 5.56 Å². The second-order valence-corrected chi connectivity index (χ2v) is 7.45. The summed E-state index contributed by atoms with van der Waals surface area (Å²) in [6.07, 6.45) is 0.681. The predicted octanol–water partition coefficient (Wildman–Crippen LogP) is 0.0496. The van der Waals surface area contributed by atoms with Crippen molar-refractivity contribution in [3.8, 4) is 0 Å². The summed E-state index contributed by atoms with van der Waals surface area (Å²) in [5.41, 5.74) is 0.245. The first kappa shape index (κ1) is 21.9. The van der Waals surface area contributed by atoms with Gasteiger partial charge in [-0.1, -0.05) is 19.8 Å². The van der Waals surface area contributed by atoms with Gasteiger partial charge in [-0.2, -0.15) is 4.57 Å². The van der Waals surface area contributed by atoms with E-state index in [2.05, 4.69) is 4.52 Å². The zero-order valence-electron chi connectivity index (χ0n) is 14.9. The predicted molar refractivity (Wildman–Crippen MR) is 90.4 cm³/mol. The van der Waals surface area contributed by atoms with E-state index < -0.39 is 44.9 Å². The zero-order valence-corrected chi connectivity index (χ0v) is 15.8. The van der Waals surface area contributed by atoms with Gasteiger partial charge in [0.15, 0.2) is 18.5 Å². The highest BCUT2D eigenvalue weighted by Gasteiger charge is 2.49. The fourth-order valence-corrected chi connectivity index (χ4v) is 3.00. The molecule has 2 heterocycles. The molecule has 0 aromatic carbocycles. The molecule has 0 amide bonds. The van der Waals surface area contributed by atoms with Crippen molar-refractivity contribution in [1.29, 1.82) is 0 Å². The van der Waals surface area contributed by atoms with Gasteiger partial charge in [0.25, 0.3) is 6.23 Å². The van der Waals surface area contributed by atoms with E-state index in [0.717, 1.165) is 19.3 Å². The molecule has 0 unspecified atom stereocenters. The van der Waals surface area contributed by atoms with E-state index in [0.29, 0.717) is 6.61 Å². The minimum absolute atomic E-state index is 0.245. The third-order valence-corrected chi connectivity index (χ3v) is 4.56. The van der Waals surface area contributed by atoms with Crippen molar-refractivity contribution in [3.63, 3.8) is 0 Å². The lowest BCUT2D eigenvalue weighted by atomic mass is 10.1. The van der Waals surface area contributed by atoms with Gasteiger partial charge in [0, 0.05) is 6.07 Å². The van der Waals surface area contributed by atoms with Gasteiger partial charge in [0.1, 0.15) is 17.8 Å². The molecule has 1 aromatic heterocycles. The van der Waals surface area contributed by atoms with Crippen molar-refractivity contribution < 1.29 is 47.9 Å². The Kier molecular flexibility index (Phi) is 7.87. The number of unbranched alkanes of at least 4 members (excludes halogenated alkanes) is 2. The normalized spacial score (nSPS) is 25.5. The Hall–Kier alpha value is -1.39. The average Bonchev–Trinajstić information content (AvgIpc) is 2.91. The molecule has 0 bridgehead atoms. The van der Waals surface area contributed by atoms with Gasteiger partial charge in [0.2, 0.25) is 0 Å².